The predicted molar refractivity (Wildman–Crippen MR) is 65.8 cm³/mol. The van der Waals surface area contributed by atoms with Crippen molar-refractivity contribution in [3.05, 3.63) is 28.2 Å². The normalized spacial score (nSPS) is 13.3. The van der Waals surface area contributed by atoms with Crippen molar-refractivity contribution in [2.45, 2.75) is 37.0 Å². The Hall–Kier alpha value is 0.01000. The van der Waals surface area contributed by atoms with Crippen molar-refractivity contribution in [2.75, 3.05) is 0 Å². The van der Waals surface area contributed by atoms with Crippen LogP contribution in [0, 0.1) is 0 Å². The van der Waals surface area contributed by atoms with E-state index in [0.717, 1.165) is 10.0 Å². The average Bonchev–Trinajstić information content (AvgIpc) is 2.01. The fourth-order valence-corrected chi connectivity index (χ4v) is 2.93. The molecule has 0 aromatic heterocycles. The van der Waals surface area contributed by atoms with Crippen molar-refractivity contribution >= 4 is 27.7 Å². The van der Waals surface area contributed by atoms with E-state index < -0.39 is 6.10 Å². The smallest absolute Gasteiger partial charge is 0.0772 e. The molecule has 78 valence electrons. The van der Waals surface area contributed by atoms with E-state index in [2.05, 4.69) is 41.9 Å². The Balaban J connectivity index is 2.89. The first kappa shape index (κ1) is 12.1. The second kappa shape index (κ2) is 5.19. The molecule has 0 aliphatic carbocycles. The first-order chi connectivity index (χ1) is 6.50. The average molecular weight is 275 g/mol. The zero-order valence-corrected chi connectivity index (χ0v) is 11.0. The van der Waals surface area contributed by atoms with Gasteiger partial charge in [-0.25, -0.2) is 0 Å². The first-order valence-corrected chi connectivity index (χ1v) is 6.32. The van der Waals surface area contributed by atoms with Crippen LogP contribution in [0.3, 0.4) is 0 Å². The van der Waals surface area contributed by atoms with Gasteiger partial charge in [-0.2, -0.15) is 0 Å². The number of rotatable bonds is 3. The summed E-state index contributed by atoms with van der Waals surface area (Å²) in [6, 6.07) is 6.09. The Morgan fingerprint density at radius 3 is 2.36 bits per heavy atom. The molecule has 0 heterocycles. The molecule has 0 aliphatic rings. The summed E-state index contributed by atoms with van der Waals surface area (Å²) in [5.41, 5.74) is 0.943. The van der Waals surface area contributed by atoms with Gasteiger partial charge in [0.2, 0.25) is 0 Å². The molecule has 1 rings (SSSR count). The molecule has 0 fully saturated rings. The number of thioether (sulfide) groups is 1. The summed E-state index contributed by atoms with van der Waals surface area (Å²) in [5.74, 6) is 0. The van der Waals surface area contributed by atoms with Gasteiger partial charge in [0.1, 0.15) is 0 Å². The van der Waals surface area contributed by atoms with Crippen LogP contribution in [0.15, 0.2) is 27.6 Å². The number of benzene rings is 1. The molecule has 1 aromatic rings. The van der Waals surface area contributed by atoms with Crippen LogP contribution in [0.25, 0.3) is 0 Å². The van der Waals surface area contributed by atoms with Crippen molar-refractivity contribution in [1.29, 1.82) is 0 Å². The Kier molecular flexibility index (Phi) is 4.48. The lowest BCUT2D eigenvalue weighted by atomic mass is 10.1. The molecular formula is C11H15BrOS. The topological polar surface area (TPSA) is 20.2 Å². The highest BCUT2D eigenvalue weighted by atomic mass is 79.9. The number of aliphatic hydroxyl groups excluding tert-OH is 1. The molecule has 0 saturated heterocycles. The third-order valence-electron chi connectivity index (χ3n) is 1.79. The standard InChI is InChI=1S/C11H15BrOS/c1-7(2)14-9-4-5-10(8(3)13)11(12)6-9/h4-8,13H,1-3H3/t8-/m1/s1. The summed E-state index contributed by atoms with van der Waals surface area (Å²) in [5, 5.41) is 10.0. The lowest BCUT2D eigenvalue weighted by Gasteiger charge is -2.10. The van der Waals surface area contributed by atoms with Gasteiger partial charge in [-0.3, -0.25) is 0 Å². The lowest BCUT2D eigenvalue weighted by molar-refractivity contribution is 0.198. The maximum Gasteiger partial charge on any atom is 0.0772 e. The van der Waals surface area contributed by atoms with Crippen LogP contribution in [-0.2, 0) is 0 Å². The molecule has 1 aromatic carbocycles. The second-order valence-corrected chi connectivity index (χ2v) is 6.03. The first-order valence-electron chi connectivity index (χ1n) is 4.65. The van der Waals surface area contributed by atoms with Gasteiger partial charge >= 0.3 is 0 Å². The maximum absolute atomic E-state index is 9.44. The van der Waals surface area contributed by atoms with Crippen molar-refractivity contribution in [2.24, 2.45) is 0 Å². The highest BCUT2D eigenvalue weighted by molar-refractivity contribution is 9.10. The number of hydrogen-bond donors (Lipinski definition) is 1. The summed E-state index contributed by atoms with van der Waals surface area (Å²) < 4.78 is 0.984. The van der Waals surface area contributed by atoms with E-state index in [9.17, 15) is 5.11 Å². The fraction of sp³-hybridized carbons (Fsp3) is 0.455. The summed E-state index contributed by atoms with van der Waals surface area (Å²) in [6.07, 6.45) is -0.414. The highest BCUT2D eigenvalue weighted by Gasteiger charge is 2.07. The van der Waals surface area contributed by atoms with Crippen LogP contribution in [0.5, 0.6) is 0 Å². The summed E-state index contributed by atoms with van der Waals surface area (Å²) in [6.45, 7) is 6.11. The molecule has 0 radical (unpaired) electrons. The molecule has 0 amide bonds. The van der Waals surface area contributed by atoms with Crippen molar-refractivity contribution in [3.8, 4) is 0 Å². The molecule has 0 saturated carbocycles. The van der Waals surface area contributed by atoms with Crippen LogP contribution in [0.2, 0.25) is 0 Å². The largest absolute Gasteiger partial charge is 0.389 e. The van der Waals surface area contributed by atoms with Crippen LogP contribution in [0.1, 0.15) is 32.4 Å². The second-order valence-electron chi connectivity index (χ2n) is 3.53. The van der Waals surface area contributed by atoms with Crippen molar-refractivity contribution in [3.63, 3.8) is 0 Å². The molecule has 3 heteroatoms. The van der Waals surface area contributed by atoms with E-state index in [1.165, 1.54) is 4.90 Å². The summed E-state index contributed by atoms with van der Waals surface area (Å²) >= 11 is 5.29. The zero-order chi connectivity index (χ0) is 10.7. The van der Waals surface area contributed by atoms with Crippen molar-refractivity contribution < 1.29 is 5.11 Å². The van der Waals surface area contributed by atoms with Crippen molar-refractivity contribution in [1.82, 2.24) is 0 Å². The van der Waals surface area contributed by atoms with Gasteiger partial charge in [-0.1, -0.05) is 35.8 Å². The molecule has 1 N–H and O–H groups in total. The van der Waals surface area contributed by atoms with Crippen LogP contribution < -0.4 is 0 Å². The Morgan fingerprint density at radius 1 is 1.29 bits per heavy atom. The van der Waals surface area contributed by atoms with Gasteiger partial charge in [0.25, 0.3) is 0 Å². The Morgan fingerprint density at radius 2 is 1.93 bits per heavy atom. The fourth-order valence-electron chi connectivity index (χ4n) is 1.19. The third-order valence-corrected chi connectivity index (χ3v) is 3.48. The van der Waals surface area contributed by atoms with E-state index in [1.807, 2.05) is 17.8 Å². The monoisotopic (exact) mass is 274 g/mol. The summed E-state index contributed by atoms with van der Waals surface area (Å²) in [7, 11) is 0. The van der Waals surface area contributed by atoms with Gasteiger partial charge in [0, 0.05) is 14.6 Å². The Bertz CT molecular complexity index is 310. The highest BCUT2D eigenvalue weighted by Crippen LogP contribution is 2.30. The lowest BCUT2D eigenvalue weighted by Crippen LogP contribution is -1.93. The van der Waals surface area contributed by atoms with Crippen LogP contribution in [0.4, 0.5) is 0 Å². The van der Waals surface area contributed by atoms with Crippen LogP contribution in [-0.4, -0.2) is 10.4 Å². The van der Waals surface area contributed by atoms with E-state index >= 15 is 0 Å². The molecular weight excluding hydrogens is 260 g/mol. The zero-order valence-electron chi connectivity index (χ0n) is 8.62. The molecule has 0 bridgehead atoms. The molecule has 0 unspecified atom stereocenters. The van der Waals surface area contributed by atoms with Gasteiger partial charge < -0.3 is 5.11 Å². The van der Waals surface area contributed by atoms with E-state index in [1.54, 1.807) is 6.92 Å². The van der Waals surface area contributed by atoms with Gasteiger partial charge in [-0.05, 0) is 24.6 Å². The van der Waals surface area contributed by atoms with Gasteiger partial charge in [-0.15, -0.1) is 11.8 Å². The predicted octanol–water partition coefficient (Wildman–Crippen LogP) is 4.00. The summed E-state index contributed by atoms with van der Waals surface area (Å²) in [4.78, 5) is 1.23. The number of halogens is 1. The SMILES string of the molecule is CC(C)Sc1ccc([C@@H](C)O)c(Br)c1. The molecule has 14 heavy (non-hydrogen) atoms. The number of aliphatic hydroxyl groups is 1. The molecule has 0 aliphatic heterocycles. The van der Waals surface area contributed by atoms with Crippen LogP contribution >= 0.6 is 27.7 Å². The number of hydrogen-bond acceptors (Lipinski definition) is 2. The maximum atomic E-state index is 9.44. The van der Waals surface area contributed by atoms with Gasteiger partial charge in [0.05, 0.1) is 6.10 Å². The van der Waals surface area contributed by atoms with E-state index in [-0.39, 0.29) is 0 Å². The minimum atomic E-state index is -0.414. The minimum absolute atomic E-state index is 0.414. The van der Waals surface area contributed by atoms with E-state index in [4.69, 9.17) is 0 Å². The minimum Gasteiger partial charge on any atom is -0.389 e. The molecule has 1 atom stereocenters. The Labute approximate surface area is 98.0 Å². The molecule has 0 spiro atoms. The third kappa shape index (κ3) is 3.30. The van der Waals surface area contributed by atoms with Gasteiger partial charge in [0.15, 0.2) is 0 Å². The van der Waals surface area contributed by atoms with E-state index in [0.29, 0.717) is 5.25 Å². The quantitative estimate of drug-likeness (QED) is 0.841. The molecule has 1 nitrogen and oxygen atoms in total.